The molecule has 2 aromatic rings. The van der Waals surface area contributed by atoms with Crippen molar-refractivity contribution in [1.82, 2.24) is 14.3 Å². The van der Waals surface area contributed by atoms with E-state index in [1.807, 2.05) is 18.2 Å². The van der Waals surface area contributed by atoms with E-state index in [-0.39, 0.29) is 5.75 Å². The van der Waals surface area contributed by atoms with E-state index >= 15 is 0 Å². The van der Waals surface area contributed by atoms with Crippen molar-refractivity contribution >= 4 is 27.6 Å². The zero-order chi connectivity index (χ0) is 16.8. The molecule has 1 aromatic carbocycles. The van der Waals surface area contributed by atoms with E-state index in [9.17, 15) is 8.42 Å². The van der Waals surface area contributed by atoms with E-state index in [1.54, 1.807) is 24.2 Å². The minimum Gasteiger partial charge on any atom is -0.367 e. The van der Waals surface area contributed by atoms with Crippen molar-refractivity contribution in [3.05, 3.63) is 48.3 Å². The van der Waals surface area contributed by atoms with Gasteiger partial charge < -0.3 is 5.32 Å². The largest absolute Gasteiger partial charge is 0.367 e. The van der Waals surface area contributed by atoms with E-state index in [4.69, 9.17) is 0 Å². The van der Waals surface area contributed by atoms with Gasteiger partial charge >= 0.3 is 0 Å². The lowest BCUT2D eigenvalue weighted by Crippen LogP contribution is -2.30. The van der Waals surface area contributed by atoms with Gasteiger partial charge in [0.25, 0.3) is 0 Å². The van der Waals surface area contributed by atoms with Gasteiger partial charge in [-0.25, -0.2) is 17.7 Å². The quantitative estimate of drug-likeness (QED) is 0.759. The summed E-state index contributed by atoms with van der Waals surface area (Å²) < 4.78 is 25.0. The highest BCUT2D eigenvalue weighted by atomic mass is 32.2. The van der Waals surface area contributed by atoms with Gasteiger partial charge in [0.05, 0.1) is 18.1 Å². The summed E-state index contributed by atoms with van der Waals surface area (Å²) in [6.07, 6.45) is 4.11. The molecule has 0 unspecified atom stereocenters. The first-order chi connectivity index (χ1) is 11.6. The lowest BCUT2D eigenvalue weighted by molar-refractivity contribution is 0.456. The minimum atomic E-state index is -3.04. The number of nitrogens with one attached hydrogen (secondary N) is 1. The lowest BCUT2D eigenvalue weighted by atomic mass is 10.2. The van der Waals surface area contributed by atoms with Crippen LogP contribution in [0, 0.1) is 0 Å². The smallest absolute Gasteiger partial charge is 0.214 e. The Morgan fingerprint density at radius 3 is 2.79 bits per heavy atom. The molecule has 6 nitrogen and oxygen atoms in total. The molecule has 8 heteroatoms. The summed E-state index contributed by atoms with van der Waals surface area (Å²) in [4.78, 5) is 8.71. The third-order valence-corrected chi connectivity index (χ3v) is 6.64. The maximum absolute atomic E-state index is 11.7. The minimum absolute atomic E-state index is 0.262. The number of sulfonamides is 1. The Kier molecular flexibility index (Phi) is 5.70. The summed E-state index contributed by atoms with van der Waals surface area (Å²) >= 11 is 1.63. The maximum Gasteiger partial charge on any atom is 0.214 e. The number of hydrogen-bond donors (Lipinski definition) is 1. The molecular formula is C16H20N4O2S2. The number of aromatic nitrogens is 2. The Balaban J connectivity index is 1.50. The van der Waals surface area contributed by atoms with Crippen molar-refractivity contribution in [2.45, 2.75) is 17.2 Å². The van der Waals surface area contributed by atoms with Crippen molar-refractivity contribution in [3.63, 3.8) is 0 Å². The van der Waals surface area contributed by atoms with Crippen LogP contribution in [0.25, 0.3) is 0 Å². The number of nitrogens with zero attached hydrogens (tertiary/aromatic N) is 3. The van der Waals surface area contributed by atoms with Crippen LogP contribution in [0.5, 0.6) is 0 Å². The molecule has 0 radical (unpaired) electrons. The molecule has 24 heavy (non-hydrogen) atoms. The Morgan fingerprint density at radius 2 is 2.04 bits per heavy atom. The van der Waals surface area contributed by atoms with Gasteiger partial charge in [-0.05, 0) is 12.0 Å². The molecule has 0 amide bonds. The Labute approximate surface area is 146 Å². The molecule has 1 saturated heterocycles. The van der Waals surface area contributed by atoms with E-state index in [2.05, 4.69) is 27.4 Å². The van der Waals surface area contributed by atoms with Gasteiger partial charge in [-0.15, -0.1) is 11.8 Å². The first kappa shape index (κ1) is 17.2. The third-order valence-electron chi connectivity index (χ3n) is 3.71. The van der Waals surface area contributed by atoms with E-state index < -0.39 is 10.0 Å². The molecular weight excluding hydrogens is 344 g/mol. The fraction of sp³-hybridized carbons (Fsp3) is 0.375. The first-order valence-corrected chi connectivity index (χ1v) is 10.4. The summed E-state index contributed by atoms with van der Waals surface area (Å²) in [6.45, 7) is 1.61. The topological polar surface area (TPSA) is 75.2 Å². The fourth-order valence-corrected chi connectivity index (χ4v) is 4.82. The number of anilines is 1. The van der Waals surface area contributed by atoms with Crippen LogP contribution in [0.3, 0.4) is 0 Å². The Morgan fingerprint density at radius 1 is 1.21 bits per heavy atom. The molecule has 1 fully saturated rings. The van der Waals surface area contributed by atoms with Crippen LogP contribution in [0.2, 0.25) is 0 Å². The van der Waals surface area contributed by atoms with Gasteiger partial charge in [0.15, 0.2) is 0 Å². The highest BCUT2D eigenvalue weighted by Gasteiger charge is 2.27. The number of thioether (sulfide) groups is 1. The molecule has 3 rings (SSSR count). The summed E-state index contributed by atoms with van der Waals surface area (Å²) in [7, 11) is -3.04. The fourth-order valence-electron chi connectivity index (χ4n) is 2.49. The molecule has 128 valence electrons. The van der Waals surface area contributed by atoms with Crippen LogP contribution in [0.4, 0.5) is 5.82 Å². The predicted molar refractivity (Wildman–Crippen MR) is 96.5 cm³/mol. The third kappa shape index (κ3) is 4.68. The molecule has 0 aliphatic carbocycles. The molecule has 1 N–H and O–H groups in total. The Bertz CT molecular complexity index is 769. The van der Waals surface area contributed by atoms with Gasteiger partial charge in [0.2, 0.25) is 10.0 Å². The Hall–Kier alpha value is -1.64. The normalized spacial score (nSPS) is 17.0. The van der Waals surface area contributed by atoms with E-state index in [1.165, 1.54) is 9.87 Å². The van der Waals surface area contributed by atoms with Crippen LogP contribution >= 0.6 is 11.8 Å². The zero-order valence-corrected chi connectivity index (χ0v) is 14.9. The number of hydrogen-bond acceptors (Lipinski definition) is 6. The summed E-state index contributed by atoms with van der Waals surface area (Å²) in [5.74, 6) is 1.77. The van der Waals surface area contributed by atoms with Gasteiger partial charge in [0.1, 0.15) is 10.8 Å². The second kappa shape index (κ2) is 7.96. The van der Waals surface area contributed by atoms with Gasteiger partial charge in [-0.3, -0.25) is 4.98 Å². The van der Waals surface area contributed by atoms with Gasteiger partial charge in [-0.1, -0.05) is 30.3 Å². The van der Waals surface area contributed by atoms with Crippen LogP contribution < -0.4 is 5.32 Å². The average molecular weight is 364 g/mol. The molecule has 2 heterocycles. The molecule has 1 aromatic heterocycles. The van der Waals surface area contributed by atoms with Crippen molar-refractivity contribution < 1.29 is 8.42 Å². The van der Waals surface area contributed by atoms with Gasteiger partial charge in [-0.2, -0.15) is 0 Å². The first-order valence-electron chi connectivity index (χ1n) is 7.84. The molecule has 0 bridgehead atoms. The van der Waals surface area contributed by atoms with Crippen LogP contribution in [-0.2, 0) is 15.8 Å². The second-order valence-corrected chi connectivity index (χ2v) is 8.60. The van der Waals surface area contributed by atoms with Crippen molar-refractivity contribution in [1.29, 1.82) is 0 Å². The molecule has 0 saturated carbocycles. The van der Waals surface area contributed by atoms with Crippen molar-refractivity contribution in [2.24, 2.45) is 0 Å². The van der Waals surface area contributed by atoms with Crippen molar-refractivity contribution in [2.75, 3.05) is 30.7 Å². The summed E-state index contributed by atoms with van der Waals surface area (Å²) in [6, 6.07) is 10.2. The van der Waals surface area contributed by atoms with Crippen LogP contribution in [-0.4, -0.2) is 48.1 Å². The standard InChI is InChI=1S/C16H20N4O2S2/c21-24(22)10-4-8-20(24)9-7-18-15-11-17-12-16(19-15)23-13-14-5-2-1-3-6-14/h1-3,5-6,11-12H,4,7-10,13H2,(H,18,19). The summed E-state index contributed by atoms with van der Waals surface area (Å²) in [5, 5.41) is 4.00. The van der Waals surface area contributed by atoms with Gasteiger partial charge in [0, 0.05) is 25.4 Å². The monoisotopic (exact) mass is 364 g/mol. The van der Waals surface area contributed by atoms with Crippen LogP contribution in [0.1, 0.15) is 12.0 Å². The highest BCUT2D eigenvalue weighted by molar-refractivity contribution is 7.98. The molecule has 1 aliphatic heterocycles. The van der Waals surface area contributed by atoms with Crippen LogP contribution in [0.15, 0.2) is 47.8 Å². The molecule has 1 aliphatic rings. The highest BCUT2D eigenvalue weighted by Crippen LogP contribution is 2.21. The molecule has 0 atom stereocenters. The lowest BCUT2D eigenvalue weighted by Gasteiger charge is -2.14. The average Bonchev–Trinajstić information content (AvgIpc) is 2.93. The van der Waals surface area contributed by atoms with Crippen molar-refractivity contribution in [3.8, 4) is 0 Å². The zero-order valence-electron chi connectivity index (χ0n) is 13.3. The van der Waals surface area contributed by atoms with E-state index in [0.717, 1.165) is 10.8 Å². The van der Waals surface area contributed by atoms with E-state index in [0.29, 0.717) is 31.9 Å². The number of rotatable bonds is 7. The second-order valence-electron chi connectivity index (χ2n) is 5.51. The SMILES string of the molecule is O=S1(=O)CCCN1CCNc1cncc(SCc2ccccc2)n1. The molecule has 0 spiro atoms. The summed E-state index contributed by atoms with van der Waals surface area (Å²) in [5.41, 5.74) is 1.24. The number of benzene rings is 1. The predicted octanol–water partition coefficient (Wildman–Crippen LogP) is 2.22. The maximum atomic E-state index is 11.7.